The van der Waals surface area contributed by atoms with E-state index in [1.807, 2.05) is 0 Å². The minimum absolute atomic E-state index is 0.00555. The lowest BCUT2D eigenvalue weighted by molar-refractivity contribution is -0.387. The van der Waals surface area contributed by atoms with E-state index in [1.165, 1.54) is 13.2 Å². The van der Waals surface area contributed by atoms with Crippen molar-refractivity contribution in [2.45, 2.75) is 0 Å². The molecule has 8 nitrogen and oxygen atoms in total. The Bertz CT molecular complexity index is 767. The summed E-state index contributed by atoms with van der Waals surface area (Å²) in [6.07, 6.45) is 3.01. The van der Waals surface area contributed by atoms with Crippen LogP contribution in [0.15, 0.2) is 29.1 Å². The molecule has 108 valence electrons. The molecule has 0 aliphatic heterocycles. The number of nitrogens with one attached hydrogen (secondary N) is 1. The van der Waals surface area contributed by atoms with E-state index >= 15 is 0 Å². The molecule has 0 aliphatic rings. The van der Waals surface area contributed by atoms with E-state index in [2.05, 4.69) is 9.97 Å². The summed E-state index contributed by atoms with van der Waals surface area (Å²) in [5.41, 5.74) is -1.28. The van der Waals surface area contributed by atoms with Crippen molar-refractivity contribution in [3.63, 3.8) is 0 Å². The molecule has 0 spiro atoms. The zero-order chi connectivity index (χ0) is 15.4. The summed E-state index contributed by atoms with van der Waals surface area (Å²) < 4.78 is 5.15. The van der Waals surface area contributed by atoms with E-state index in [0.29, 0.717) is 5.75 Å². The van der Waals surface area contributed by atoms with Crippen LogP contribution < -0.4 is 10.3 Å². The molecule has 0 atom stereocenters. The van der Waals surface area contributed by atoms with Crippen LogP contribution in [-0.4, -0.2) is 27.1 Å². The number of aromatic amines is 1. The van der Waals surface area contributed by atoms with Crippen molar-refractivity contribution in [3.8, 4) is 11.6 Å². The molecule has 0 amide bonds. The van der Waals surface area contributed by atoms with Gasteiger partial charge < -0.3 is 14.8 Å². The fourth-order valence-corrected chi connectivity index (χ4v) is 1.69. The minimum Gasteiger partial charge on any atom is -0.496 e. The number of H-pyrrole nitrogens is 1. The van der Waals surface area contributed by atoms with E-state index in [0.717, 1.165) is 5.56 Å². The molecule has 8 heteroatoms. The molecular weight excluding hydrogens is 278 g/mol. The number of para-hydroxylation sites is 1. The second-order valence-electron chi connectivity index (χ2n) is 3.96. The first kappa shape index (κ1) is 14.3. The molecular formula is C13H11N3O5. The maximum atomic E-state index is 11.5. The molecule has 1 aromatic heterocycles. The topological polar surface area (TPSA) is 118 Å². The van der Waals surface area contributed by atoms with E-state index in [9.17, 15) is 20.0 Å². The molecule has 1 heterocycles. The van der Waals surface area contributed by atoms with Gasteiger partial charge in [-0.05, 0) is 18.2 Å². The number of methoxy groups -OCH3 is 1. The number of aromatic nitrogens is 2. The molecule has 0 aliphatic carbocycles. The van der Waals surface area contributed by atoms with Crippen molar-refractivity contribution in [2.24, 2.45) is 0 Å². The number of nitrogens with zero attached hydrogens (tertiary/aromatic N) is 2. The van der Waals surface area contributed by atoms with Gasteiger partial charge in [0.25, 0.3) is 5.88 Å². The predicted octanol–water partition coefficient (Wildman–Crippen LogP) is 1.56. The van der Waals surface area contributed by atoms with Crippen molar-refractivity contribution in [1.29, 1.82) is 0 Å². The van der Waals surface area contributed by atoms with Crippen LogP contribution >= 0.6 is 0 Å². The largest absolute Gasteiger partial charge is 0.496 e. The summed E-state index contributed by atoms with van der Waals surface area (Å²) in [5, 5.41) is 20.0. The molecule has 2 rings (SSSR count). The molecule has 0 saturated heterocycles. The molecule has 0 unspecified atom stereocenters. The third kappa shape index (κ3) is 3.06. The molecule has 1 aromatic carbocycles. The third-order valence-electron chi connectivity index (χ3n) is 2.64. The van der Waals surface area contributed by atoms with Gasteiger partial charge in [0.1, 0.15) is 11.6 Å². The lowest BCUT2D eigenvalue weighted by Gasteiger charge is -2.03. The van der Waals surface area contributed by atoms with E-state index in [-0.39, 0.29) is 5.82 Å². The van der Waals surface area contributed by atoms with Gasteiger partial charge in [-0.3, -0.25) is 14.9 Å². The third-order valence-corrected chi connectivity index (χ3v) is 2.64. The van der Waals surface area contributed by atoms with E-state index in [1.54, 1.807) is 30.3 Å². The Labute approximate surface area is 118 Å². The van der Waals surface area contributed by atoms with Crippen molar-refractivity contribution in [1.82, 2.24) is 9.97 Å². The maximum Gasteiger partial charge on any atom is 0.395 e. The Hall–Kier alpha value is -3.16. The van der Waals surface area contributed by atoms with Gasteiger partial charge in [0.05, 0.1) is 12.0 Å². The summed E-state index contributed by atoms with van der Waals surface area (Å²) in [6.45, 7) is 0. The second-order valence-corrected chi connectivity index (χ2v) is 3.96. The molecule has 21 heavy (non-hydrogen) atoms. The SMILES string of the molecule is COc1ccccc1C=Cc1nc(O)c([N+](=O)[O-])c(=O)[nH]1. The highest BCUT2D eigenvalue weighted by atomic mass is 16.6. The fraction of sp³-hybridized carbons (Fsp3) is 0.0769. The summed E-state index contributed by atoms with van der Waals surface area (Å²) in [6, 6.07) is 7.13. The van der Waals surface area contributed by atoms with Gasteiger partial charge in [0, 0.05) is 5.56 Å². The van der Waals surface area contributed by atoms with Crippen molar-refractivity contribution in [2.75, 3.05) is 7.11 Å². The number of nitro groups is 1. The van der Waals surface area contributed by atoms with Crippen LogP contribution in [0.1, 0.15) is 11.4 Å². The lowest BCUT2D eigenvalue weighted by Crippen LogP contribution is -2.14. The minimum atomic E-state index is -1.02. The van der Waals surface area contributed by atoms with Crippen molar-refractivity contribution >= 4 is 17.8 Å². The highest BCUT2D eigenvalue weighted by molar-refractivity contribution is 5.70. The molecule has 0 saturated carbocycles. The number of aromatic hydroxyl groups is 1. The first-order valence-electron chi connectivity index (χ1n) is 5.81. The van der Waals surface area contributed by atoms with Gasteiger partial charge in [-0.15, -0.1) is 0 Å². The first-order chi connectivity index (χ1) is 10.0. The number of hydrogen-bond acceptors (Lipinski definition) is 6. The molecule has 2 N–H and O–H groups in total. The number of rotatable bonds is 4. The van der Waals surface area contributed by atoms with Crippen LogP contribution in [0.3, 0.4) is 0 Å². The lowest BCUT2D eigenvalue weighted by atomic mass is 10.2. The Morgan fingerprint density at radius 1 is 1.38 bits per heavy atom. The van der Waals surface area contributed by atoms with Crippen LogP contribution in [0, 0.1) is 10.1 Å². The number of ether oxygens (including phenoxy) is 1. The molecule has 0 radical (unpaired) electrons. The van der Waals surface area contributed by atoms with Crippen LogP contribution in [-0.2, 0) is 0 Å². The smallest absolute Gasteiger partial charge is 0.395 e. The first-order valence-corrected chi connectivity index (χ1v) is 5.81. The van der Waals surface area contributed by atoms with Gasteiger partial charge in [0.2, 0.25) is 0 Å². The Kier molecular flexibility index (Phi) is 3.98. The quantitative estimate of drug-likeness (QED) is 0.651. The summed E-state index contributed by atoms with van der Waals surface area (Å²) >= 11 is 0. The van der Waals surface area contributed by atoms with Gasteiger partial charge >= 0.3 is 11.2 Å². The molecule has 0 fully saturated rings. The predicted molar refractivity (Wildman–Crippen MR) is 75.1 cm³/mol. The van der Waals surface area contributed by atoms with Crippen LogP contribution in [0.4, 0.5) is 5.69 Å². The normalized spacial score (nSPS) is 10.7. The monoisotopic (exact) mass is 289 g/mol. The van der Waals surface area contributed by atoms with Crippen LogP contribution in [0.5, 0.6) is 11.6 Å². The van der Waals surface area contributed by atoms with Crippen molar-refractivity contribution < 1.29 is 14.8 Å². The van der Waals surface area contributed by atoms with Gasteiger partial charge in [-0.2, -0.15) is 4.98 Å². The van der Waals surface area contributed by atoms with Crippen molar-refractivity contribution in [3.05, 3.63) is 56.1 Å². The number of benzene rings is 1. The van der Waals surface area contributed by atoms with Gasteiger partial charge in [0.15, 0.2) is 0 Å². The van der Waals surface area contributed by atoms with Gasteiger partial charge in [-0.25, -0.2) is 0 Å². The Balaban J connectivity index is 2.38. The van der Waals surface area contributed by atoms with E-state index < -0.39 is 22.0 Å². The highest BCUT2D eigenvalue weighted by Gasteiger charge is 2.21. The van der Waals surface area contributed by atoms with Gasteiger partial charge in [-0.1, -0.05) is 18.2 Å². The highest BCUT2D eigenvalue weighted by Crippen LogP contribution is 2.20. The number of hydrogen-bond donors (Lipinski definition) is 2. The molecule has 2 aromatic rings. The second kappa shape index (κ2) is 5.87. The van der Waals surface area contributed by atoms with Crippen LogP contribution in [0.2, 0.25) is 0 Å². The molecule has 0 bridgehead atoms. The average Bonchev–Trinajstić information content (AvgIpc) is 2.44. The van der Waals surface area contributed by atoms with E-state index in [4.69, 9.17) is 4.74 Å². The standard InChI is InChI=1S/C13H11N3O5/c1-21-9-5-3-2-4-8(9)6-7-10-14-12(17)11(16(19)20)13(18)15-10/h2-7H,1H3,(H2,14,15,17,18). The zero-order valence-electron chi connectivity index (χ0n) is 10.9. The summed E-state index contributed by atoms with van der Waals surface area (Å²) in [7, 11) is 1.52. The Morgan fingerprint density at radius 2 is 2.10 bits per heavy atom. The fourth-order valence-electron chi connectivity index (χ4n) is 1.69. The summed E-state index contributed by atoms with van der Waals surface area (Å²) in [5.74, 6) is -0.320. The average molecular weight is 289 g/mol. The summed E-state index contributed by atoms with van der Waals surface area (Å²) in [4.78, 5) is 26.8. The zero-order valence-corrected chi connectivity index (χ0v) is 10.9. The maximum absolute atomic E-state index is 11.5. The van der Waals surface area contributed by atoms with Crippen LogP contribution in [0.25, 0.3) is 12.2 Å². The Morgan fingerprint density at radius 3 is 2.71 bits per heavy atom.